The Labute approximate surface area is 209 Å². The number of benzene rings is 3. The molecule has 4 atom stereocenters. The molecule has 6 N–H and O–H groups in total. The molecule has 3 rings (SSSR count). The van der Waals surface area contributed by atoms with E-state index >= 15 is 0 Å². The van der Waals surface area contributed by atoms with Crippen LogP contribution in [0.5, 0.6) is 0 Å². The highest BCUT2D eigenvalue weighted by molar-refractivity contribution is 7.58. The standard InChI is InChI=1S/C25H27N2O5P.BrH/c26-23(20-14-8-3-9-15-20)33(31,32)17-21(16-18-10-4-1-5-11-18)24(28)27-22(25(29)30)19-12-6-2-7-13-19;/h1-15,21-23H,16-17,26H2,(H,27,28)(H,29,30)(H,31,32);1H/t21-,22+,23-;/m1./s1. The molecule has 0 fully saturated rings. The van der Waals surface area contributed by atoms with Gasteiger partial charge in [-0.05, 0) is 17.5 Å². The molecule has 0 radical (unpaired) electrons. The molecule has 0 spiro atoms. The Morgan fingerprint density at radius 1 is 0.853 bits per heavy atom. The fourth-order valence-electron chi connectivity index (χ4n) is 3.68. The molecule has 0 saturated heterocycles. The third-order valence-corrected chi connectivity index (χ3v) is 7.75. The summed E-state index contributed by atoms with van der Waals surface area (Å²) in [5.41, 5.74) is 5.73. The summed E-state index contributed by atoms with van der Waals surface area (Å²) in [6.07, 6.45) is -0.127. The quantitative estimate of drug-likeness (QED) is 0.266. The first-order valence-electron chi connectivity index (χ1n) is 10.6. The Hall–Kier alpha value is -2.77. The first-order chi connectivity index (χ1) is 15.8. The first kappa shape index (κ1) is 27.5. The van der Waals surface area contributed by atoms with Crippen molar-refractivity contribution in [1.29, 1.82) is 0 Å². The van der Waals surface area contributed by atoms with E-state index in [1.165, 1.54) is 0 Å². The lowest BCUT2D eigenvalue weighted by atomic mass is 9.99. The number of hydrogen-bond acceptors (Lipinski definition) is 3. The van der Waals surface area contributed by atoms with Crippen LogP contribution < -0.4 is 28.0 Å². The van der Waals surface area contributed by atoms with Crippen molar-refractivity contribution in [2.75, 3.05) is 6.16 Å². The first-order valence-corrected chi connectivity index (χ1v) is 12.5. The fraction of sp³-hybridized carbons (Fsp3) is 0.200. The molecule has 0 aliphatic heterocycles. The maximum absolute atomic E-state index is 13.3. The van der Waals surface area contributed by atoms with E-state index in [9.17, 15) is 24.2 Å². The predicted octanol–water partition coefficient (Wildman–Crippen LogP) is 0.00250. The zero-order chi connectivity index (χ0) is 23.8. The monoisotopic (exact) mass is 546 g/mol. The van der Waals surface area contributed by atoms with Crippen molar-refractivity contribution in [1.82, 2.24) is 5.32 Å². The Kier molecular flexibility index (Phi) is 10.2. The fourth-order valence-corrected chi connectivity index (χ4v) is 5.50. The number of aliphatic carboxylic acids is 1. The summed E-state index contributed by atoms with van der Waals surface area (Å²) in [5.74, 6) is -3.62. The molecule has 3 aromatic carbocycles. The van der Waals surface area contributed by atoms with Crippen LogP contribution in [0, 0.1) is 5.92 Å². The van der Waals surface area contributed by atoms with Crippen LogP contribution in [0.3, 0.4) is 0 Å². The highest BCUT2D eigenvalue weighted by Gasteiger charge is 2.38. The van der Waals surface area contributed by atoms with Crippen LogP contribution in [-0.4, -0.2) is 28.0 Å². The zero-order valence-corrected chi connectivity index (χ0v) is 20.9. The van der Waals surface area contributed by atoms with Gasteiger partial charge < -0.3 is 38.0 Å². The molecule has 34 heavy (non-hydrogen) atoms. The van der Waals surface area contributed by atoms with Crippen LogP contribution in [0.4, 0.5) is 0 Å². The highest BCUT2D eigenvalue weighted by atomic mass is 79.9. The van der Waals surface area contributed by atoms with E-state index in [1.54, 1.807) is 60.7 Å². The van der Waals surface area contributed by atoms with Gasteiger partial charge in [-0.15, -0.1) is 0 Å². The summed E-state index contributed by atoms with van der Waals surface area (Å²) in [7, 11) is -3.91. The molecule has 9 heteroatoms. The van der Waals surface area contributed by atoms with Crippen molar-refractivity contribution < 1.29 is 46.9 Å². The van der Waals surface area contributed by atoms with E-state index in [-0.39, 0.29) is 29.6 Å². The summed E-state index contributed by atoms with van der Waals surface area (Å²) in [6, 6.07) is 25.0. The summed E-state index contributed by atoms with van der Waals surface area (Å²) < 4.78 is 13.3. The number of amides is 1. The lowest BCUT2D eigenvalue weighted by Gasteiger charge is -2.24. The summed E-state index contributed by atoms with van der Waals surface area (Å²) in [5, 5.41) is 12.3. The van der Waals surface area contributed by atoms with E-state index in [0.29, 0.717) is 11.1 Å². The topological polar surface area (TPSA) is 131 Å². The number of nitrogens with one attached hydrogen (secondary N) is 1. The molecule has 7 nitrogen and oxygen atoms in total. The number of hydrogen-bond donors (Lipinski definition) is 4. The number of carboxylic acid groups (broad SMARTS) is 1. The van der Waals surface area contributed by atoms with Gasteiger partial charge in [0.2, 0.25) is 5.91 Å². The highest BCUT2D eigenvalue weighted by Crippen LogP contribution is 2.52. The van der Waals surface area contributed by atoms with E-state index in [0.717, 1.165) is 5.56 Å². The Bertz CT molecular complexity index is 1120. The van der Waals surface area contributed by atoms with E-state index in [1.807, 2.05) is 30.3 Å². The number of carboxylic acids is 1. The second kappa shape index (κ2) is 12.6. The van der Waals surface area contributed by atoms with Crippen LogP contribution in [0.2, 0.25) is 0 Å². The lowest BCUT2D eigenvalue weighted by Crippen LogP contribution is -3.00. The molecule has 0 aromatic heterocycles. The van der Waals surface area contributed by atoms with Crippen molar-refractivity contribution >= 4 is 19.2 Å². The van der Waals surface area contributed by atoms with Gasteiger partial charge in [0.25, 0.3) is 7.37 Å². The molecule has 0 aliphatic carbocycles. The minimum atomic E-state index is -3.91. The van der Waals surface area contributed by atoms with Crippen molar-refractivity contribution in [2.24, 2.45) is 5.92 Å². The molecule has 0 aliphatic rings. The molecule has 180 valence electrons. The van der Waals surface area contributed by atoms with E-state index < -0.39 is 37.0 Å². The average molecular weight is 547 g/mol. The van der Waals surface area contributed by atoms with Crippen molar-refractivity contribution in [2.45, 2.75) is 18.2 Å². The summed E-state index contributed by atoms with van der Waals surface area (Å²) in [6.45, 7) is 0. The Morgan fingerprint density at radius 2 is 1.32 bits per heavy atom. The second-order valence-corrected chi connectivity index (χ2v) is 10.4. The molecule has 0 heterocycles. The lowest BCUT2D eigenvalue weighted by molar-refractivity contribution is -0.397. The number of carbonyl (C=O) groups is 2. The van der Waals surface area contributed by atoms with Crippen LogP contribution in [0.25, 0.3) is 0 Å². The molecule has 0 saturated carbocycles. The normalized spacial score (nSPS) is 15.1. The predicted molar refractivity (Wildman–Crippen MR) is 125 cm³/mol. The third kappa shape index (κ3) is 7.37. The van der Waals surface area contributed by atoms with Gasteiger partial charge >= 0.3 is 5.97 Å². The van der Waals surface area contributed by atoms with Crippen LogP contribution >= 0.6 is 7.37 Å². The SMILES string of the molecule is [Br-].[NH3+][C@@H](c1ccccc1)P(=O)(O)C[C@@H](Cc1ccccc1)C(=O)N[C@H](C(=O)O)c1ccccc1. The van der Waals surface area contributed by atoms with Gasteiger partial charge in [0.1, 0.15) is 0 Å². The van der Waals surface area contributed by atoms with Crippen molar-refractivity contribution in [3.8, 4) is 0 Å². The van der Waals surface area contributed by atoms with Crippen LogP contribution in [0.15, 0.2) is 91.0 Å². The van der Waals surface area contributed by atoms with Gasteiger partial charge in [0.15, 0.2) is 11.8 Å². The molecular formula is C25H28BrN2O5P. The van der Waals surface area contributed by atoms with Crippen molar-refractivity contribution in [3.05, 3.63) is 108 Å². The van der Waals surface area contributed by atoms with Crippen molar-refractivity contribution in [3.63, 3.8) is 0 Å². The average Bonchev–Trinajstić information content (AvgIpc) is 2.83. The zero-order valence-electron chi connectivity index (χ0n) is 18.5. The molecule has 0 bridgehead atoms. The molecule has 1 unspecified atom stereocenters. The summed E-state index contributed by atoms with van der Waals surface area (Å²) in [4.78, 5) is 36.0. The largest absolute Gasteiger partial charge is 1.00 e. The number of rotatable bonds is 10. The van der Waals surface area contributed by atoms with E-state index in [2.05, 4.69) is 11.1 Å². The van der Waals surface area contributed by atoms with Crippen LogP contribution in [0.1, 0.15) is 28.5 Å². The number of halogens is 1. The van der Waals surface area contributed by atoms with Gasteiger partial charge in [-0.25, -0.2) is 4.79 Å². The number of quaternary nitrogens is 1. The third-order valence-electron chi connectivity index (χ3n) is 5.52. The van der Waals surface area contributed by atoms with Gasteiger partial charge in [0.05, 0.1) is 5.92 Å². The molecule has 3 aromatic rings. The van der Waals surface area contributed by atoms with Gasteiger partial charge in [-0.2, -0.15) is 0 Å². The maximum Gasteiger partial charge on any atom is 0.330 e. The second-order valence-electron chi connectivity index (χ2n) is 7.94. The van der Waals surface area contributed by atoms with Crippen LogP contribution in [-0.2, 0) is 20.6 Å². The Balaban J connectivity index is 0.00000408. The minimum absolute atomic E-state index is 0. The molecule has 1 amide bonds. The minimum Gasteiger partial charge on any atom is -1.00 e. The number of carbonyl (C=O) groups excluding carboxylic acids is 1. The molecular weight excluding hydrogens is 519 g/mol. The summed E-state index contributed by atoms with van der Waals surface area (Å²) >= 11 is 0. The Morgan fingerprint density at radius 3 is 1.82 bits per heavy atom. The van der Waals surface area contributed by atoms with Gasteiger partial charge in [0, 0.05) is 11.7 Å². The van der Waals surface area contributed by atoms with Gasteiger partial charge in [-0.1, -0.05) is 91.0 Å². The van der Waals surface area contributed by atoms with Gasteiger partial charge in [-0.3, -0.25) is 9.36 Å². The smallest absolute Gasteiger partial charge is 0.330 e. The van der Waals surface area contributed by atoms with E-state index in [4.69, 9.17) is 0 Å². The maximum atomic E-state index is 13.3.